The summed E-state index contributed by atoms with van der Waals surface area (Å²) in [6, 6.07) is 8.45. The highest BCUT2D eigenvalue weighted by atomic mass is 19.1. The SMILES string of the molecule is O=c1[nH]cc(-c2cc([C@@H]3C[C@H]3c3cccc(F)c3)c3nccn3n2)c(=O)[nH]1. The monoisotopic (exact) mass is 363 g/mol. The lowest BCUT2D eigenvalue weighted by Crippen LogP contribution is -2.23. The van der Waals surface area contributed by atoms with Crippen molar-refractivity contribution in [1.82, 2.24) is 24.6 Å². The molecule has 0 radical (unpaired) electrons. The summed E-state index contributed by atoms with van der Waals surface area (Å²) in [4.78, 5) is 32.5. The Kier molecular flexibility index (Phi) is 3.33. The Labute approximate surface area is 151 Å². The highest BCUT2D eigenvalue weighted by Crippen LogP contribution is 2.55. The van der Waals surface area contributed by atoms with Gasteiger partial charge in [-0.05, 0) is 42.0 Å². The molecule has 0 spiro atoms. The van der Waals surface area contributed by atoms with Crippen molar-refractivity contribution in [2.24, 2.45) is 0 Å². The van der Waals surface area contributed by atoms with Gasteiger partial charge in [0.1, 0.15) is 5.82 Å². The molecule has 1 aliphatic rings. The molecular weight excluding hydrogens is 349 g/mol. The second-order valence-electron chi connectivity index (χ2n) is 6.67. The Morgan fingerprint density at radius 3 is 2.89 bits per heavy atom. The summed E-state index contributed by atoms with van der Waals surface area (Å²) in [5.41, 5.74) is 2.25. The van der Waals surface area contributed by atoms with E-state index < -0.39 is 11.2 Å². The van der Waals surface area contributed by atoms with Gasteiger partial charge in [-0.3, -0.25) is 9.78 Å². The van der Waals surface area contributed by atoms with E-state index in [1.807, 2.05) is 12.1 Å². The summed E-state index contributed by atoms with van der Waals surface area (Å²) in [5, 5.41) is 4.43. The normalized spacial score (nSPS) is 18.7. The average Bonchev–Trinajstić information content (AvgIpc) is 3.30. The van der Waals surface area contributed by atoms with E-state index in [9.17, 15) is 14.0 Å². The largest absolute Gasteiger partial charge is 0.325 e. The van der Waals surface area contributed by atoms with E-state index in [1.54, 1.807) is 29.0 Å². The van der Waals surface area contributed by atoms with Crippen LogP contribution in [0.15, 0.2) is 58.5 Å². The third-order valence-electron chi connectivity index (χ3n) is 4.95. The first-order valence-electron chi connectivity index (χ1n) is 8.52. The van der Waals surface area contributed by atoms with Crippen LogP contribution in [0.3, 0.4) is 0 Å². The van der Waals surface area contributed by atoms with Gasteiger partial charge in [-0.2, -0.15) is 5.10 Å². The number of aromatic nitrogens is 5. The maximum absolute atomic E-state index is 13.6. The third kappa shape index (κ3) is 2.66. The smallest absolute Gasteiger partial charge is 0.313 e. The number of rotatable bonds is 3. The molecule has 0 unspecified atom stereocenters. The molecule has 0 saturated heterocycles. The number of nitrogens with one attached hydrogen (secondary N) is 2. The third-order valence-corrected chi connectivity index (χ3v) is 4.95. The van der Waals surface area contributed by atoms with Crippen LogP contribution in [0.2, 0.25) is 0 Å². The topological polar surface area (TPSA) is 95.9 Å². The zero-order chi connectivity index (χ0) is 18.5. The van der Waals surface area contributed by atoms with Crippen molar-refractivity contribution in [3.8, 4) is 11.3 Å². The van der Waals surface area contributed by atoms with Crippen molar-refractivity contribution in [1.29, 1.82) is 0 Å². The van der Waals surface area contributed by atoms with Crippen LogP contribution in [0, 0.1) is 5.82 Å². The molecule has 5 rings (SSSR count). The lowest BCUT2D eigenvalue weighted by Gasteiger charge is -2.07. The molecule has 4 aromatic rings. The average molecular weight is 363 g/mol. The van der Waals surface area contributed by atoms with Crippen molar-refractivity contribution in [3.63, 3.8) is 0 Å². The van der Waals surface area contributed by atoms with Gasteiger partial charge >= 0.3 is 5.69 Å². The van der Waals surface area contributed by atoms with E-state index in [4.69, 9.17) is 0 Å². The molecule has 1 aliphatic carbocycles. The van der Waals surface area contributed by atoms with Gasteiger partial charge < -0.3 is 4.98 Å². The Morgan fingerprint density at radius 1 is 1.19 bits per heavy atom. The van der Waals surface area contributed by atoms with Gasteiger partial charge in [-0.25, -0.2) is 18.7 Å². The van der Waals surface area contributed by atoms with Crippen LogP contribution in [0.5, 0.6) is 0 Å². The molecule has 2 N–H and O–H groups in total. The van der Waals surface area contributed by atoms with E-state index >= 15 is 0 Å². The van der Waals surface area contributed by atoms with Gasteiger partial charge in [0.25, 0.3) is 5.56 Å². The fraction of sp³-hybridized carbons (Fsp3) is 0.158. The summed E-state index contributed by atoms with van der Waals surface area (Å²) in [7, 11) is 0. The first-order valence-corrected chi connectivity index (χ1v) is 8.52. The van der Waals surface area contributed by atoms with Gasteiger partial charge in [-0.1, -0.05) is 12.1 Å². The minimum atomic E-state index is -0.568. The number of imidazole rings is 1. The lowest BCUT2D eigenvalue weighted by molar-refractivity contribution is 0.625. The molecule has 1 fully saturated rings. The number of nitrogens with zero attached hydrogens (tertiary/aromatic N) is 3. The van der Waals surface area contributed by atoms with Crippen LogP contribution in [0.4, 0.5) is 4.39 Å². The van der Waals surface area contributed by atoms with Crippen LogP contribution in [0.25, 0.3) is 16.9 Å². The molecule has 3 heterocycles. The minimum Gasteiger partial charge on any atom is -0.313 e. The first-order chi connectivity index (χ1) is 13.1. The van der Waals surface area contributed by atoms with Crippen LogP contribution >= 0.6 is 0 Å². The van der Waals surface area contributed by atoms with Gasteiger partial charge in [0.2, 0.25) is 0 Å². The van der Waals surface area contributed by atoms with Crippen LogP contribution in [0.1, 0.15) is 29.4 Å². The van der Waals surface area contributed by atoms with E-state index in [2.05, 4.69) is 20.1 Å². The summed E-state index contributed by atoms with van der Waals surface area (Å²) in [5.74, 6) is 0.116. The van der Waals surface area contributed by atoms with Crippen molar-refractivity contribution in [2.45, 2.75) is 18.3 Å². The zero-order valence-electron chi connectivity index (χ0n) is 14.0. The van der Waals surface area contributed by atoms with Gasteiger partial charge in [0, 0.05) is 24.2 Å². The molecule has 1 aromatic carbocycles. The van der Waals surface area contributed by atoms with Gasteiger partial charge in [0.15, 0.2) is 5.65 Å². The van der Waals surface area contributed by atoms with Crippen LogP contribution in [-0.4, -0.2) is 24.6 Å². The molecule has 1 saturated carbocycles. The Balaban J connectivity index is 1.62. The van der Waals surface area contributed by atoms with Crippen LogP contribution in [-0.2, 0) is 0 Å². The molecule has 27 heavy (non-hydrogen) atoms. The number of hydrogen-bond donors (Lipinski definition) is 2. The highest BCUT2D eigenvalue weighted by molar-refractivity contribution is 5.63. The molecule has 0 aliphatic heterocycles. The maximum Gasteiger partial charge on any atom is 0.325 e. The predicted molar refractivity (Wildman–Crippen MR) is 96.2 cm³/mol. The van der Waals surface area contributed by atoms with Crippen molar-refractivity contribution >= 4 is 5.65 Å². The summed E-state index contributed by atoms with van der Waals surface area (Å²) < 4.78 is 15.2. The Hall–Kier alpha value is -3.55. The number of aromatic amines is 2. The standard InChI is InChI=1S/C19H14FN5O2/c20-11-3-1-2-10(6-11)12-7-13(12)14-8-16(24-25-5-4-21-17(14)25)15-9-22-19(27)23-18(15)26/h1-6,8-9,12-13H,7H2,(H2,22,23,26,27)/t12-,13+/m0/s1. The zero-order valence-corrected chi connectivity index (χ0v) is 14.0. The number of H-pyrrole nitrogens is 2. The Bertz CT molecular complexity index is 1290. The van der Waals surface area contributed by atoms with Gasteiger partial charge in [-0.15, -0.1) is 0 Å². The number of benzene rings is 1. The predicted octanol–water partition coefficient (Wildman–Crippen LogP) is 2.18. The molecule has 0 bridgehead atoms. The first kappa shape index (κ1) is 15.7. The number of halogens is 1. The fourth-order valence-electron chi connectivity index (χ4n) is 3.59. The second kappa shape index (κ2) is 5.73. The number of fused-ring (bicyclic) bond motifs is 1. The summed E-state index contributed by atoms with van der Waals surface area (Å²) in [6.45, 7) is 0. The lowest BCUT2D eigenvalue weighted by atomic mass is 10.0. The van der Waals surface area contributed by atoms with Crippen LogP contribution < -0.4 is 11.2 Å². The molecular formula is C19H14FN5O2. The molecule has 8 heteroatoms. The van der Waals surface area contributed by atoms with Gasteiger partial charge in [0.05, 0.1) is 11.3 Å². The molecule has 2 atom stereocenters. The Morgan fingerprint density at radius 2 is 2.07 bits per heavy atom. The molecule has 0 amide bonds. The highest BCUT2D eigenvalue weighted by Gasteiger charge is 2.41. The summed E-state index contributed by atoms with van der Waals surface area (Å²) >= 11 is 0. The van der Waals surface area contributed by atoms with E-state index in [-0.39, 0.29) is 23.2 Å². The molecule has 3 aromatic heterocycles. The molecule has 134 valence electrons. The van der Waals surface area contributed by atoms with E-state index in [0.29, 0.717) is 11.3 Å². The quantitative estimate of drug-likeness (QED) is 0.583. The van der Waals surface area contributed by atoms with Crippen molar-refractivity contribution in [2.75, 3.05) is 0 Å². The molecule has 7 nitrogen and oxygen atoms in total. The second-order valence-corrected chi connectivity index (χ2v) is 6.67. The maximum atomic E-state index is 13.6. The van der Waals surface area contributed by atoms with Crippen molar-refractivity contribution in [3.05, 3.63) is 86.7 Å². The minimum absolute atomic E-state index is 0.167. The van der Waals surface area contributed by atoms with Crippen molar-refractivity contribution < 1.29 is 4.39 Å². The van der Waals surface area contributed by atoms with E-state index in [1.165, 1.54) is 12.3 Å². The summed E-state index contributed by atoms with van der Waals surface area (Å²) in [6.07, 6.45) is 5.58. The number of hydrogen-bond acceptors (Lipinski definition) is 4. The fourth-order valence-corrected chi connectivity index (χ4v) is 3.59. The van der Waals surface area contributed by atoms with E-state index in [0.717, 1.165) is 17.5 Å².